The van der Waals surface area contributed by atoms with Crippen LogP contribution in [-0.4, -0.2) is 24.7 Å². The Hall–Kier alpha value is 0.0300. The van der Waals surface area contributed by atoms with Crippen LogP contribution >= 0.6 is 27.3 Å². The van der Waals surface area contributed by atoms with Crippen molar-refractivity contribution in [2.75, 3.05) is 13.7 Å². The molecule has 0 bridgehead atoms. The lowest BCUT2D eigenvalue weighted by molar-refractivity contribution is 0.167. The van der Waals surface area contributed by atoms with Crippen LogP contribution in [0.2, 0.25) is 0 Å². The fraction of sp³-hybridized carbons (Fsp3) is 0.667. The smallest absolute Gasteiger partial charge is 0.110 e. The molecule has 5 heteroatoms. The van der Waals surface area contributed by atoms with Gasteiger partial charge in [0.05, 0.1) is 22.6 Å². The SMILES string of the molecule is COCC(C)NC(C)c1ncc(Br)s1. The van der Waals surface area contributed by atoms with Crippen LogP contribution in [0.15, 0.2) is 9.98 Å². The van der Waals surface area contributed by atoms with E-state index < -0.39 is 0 Å². The van der Waals surface area contributed by atoms with Gasteiger partial charge in [-0.2, -0.15) is 0 Å². The van der Waals surface area contributed by atoms with Crippen LogP contribution < -0.4 is 5.32 Å². The third-order valence-electron chi connectivity index (χ3n) is 1.82. The highest BCUT2D eigenvalue weighted by Gasteiger charge is 2.12. The number of hydrogen-bond acceptors (Lipinski definition) is 4. The van der Waals surface area contributed by atoms with E-state index >= 15 is 0 Å². The first-order chi connectivity index (χ1) is 6.63. The standard InChI is InChI=1S/C9H15BrN2OS/c1-6(5-13-3)12-7(2)9-11-4-8(10)14-9/h4,6-7,12H,5H2,1-3H3. The third kappa shape index (κ3) is 3.65. The van der Waals surface area contributed by atoms with Crippen molar-refractivity contribution in [3.05, 3.63) is 15.0 Å². The Balaban J connectivity index is 2.45. The number of ether oxygens (including phenoxy) is 1. The third-order valence-corrected chi connectivity index (χ3v) is 3.48. The normalized spacial score (nSPS) is 15.4. The predicted octanol–water partition coefficient (Wildman–Crippen LogP) is 2.59. The minimum absolute atomic E-state index is 0.274. The van der Waals surface area contributed by atoms with Gasteiger partial charge in [-0.25, -0.2) is 4.98 Å². The van der Waals surface area contributed by atoms with Gasteiger partial charge in [0.2, 0.25) is 0 Å². The number of nitrogens with one attached hydrogen (secondary N) is 1. The first kappa shape index (κ1) is 12.1. The highest BCUT2D eigenvalue weighted by atomic mass is 79.9. The molecule has 0 aliphatic heterocycles. The number of aromatic nitrogens is 1. The summed E-state index contributed by atoms with van der Waals surface area (Å²) in [6, 6.07) is 0.620. The lowest BCUT2D eigenvalue weighted by Crippen LogP contribution is -2.32. The van der Waals surface area contributed by atoms with E-state index in [1.165, 1.54) is 0 Å². The Morgan fingerprint density at radius 2 is 2.36 bits per heavy atom. The van der Waals surface area contributed by atoms with Gasteiger partial charge in [0.25, 0.3) is 0 Å². The van der Waals surface area contributed by atoms with Crippen molar-refractivity contribution in [3.63, 3.8) is 0 Å². The van der Waals surface area contributed by atoms with Crippen LogP contribution in [0.5, 0.6) is 0 Å². The van der Waals surface area contributed by atoms with Crippen molar-refractivity contribution in [1.82, 2.24) is 10.3 Å². The van der Waals surface area contributed by atoms with E-state index in [1.54, 1.807) is 18.4 Å². The van der Waals surface area contributed by atoms with Gasteiger partial charge in [-0.1, -0.05) is 0 Å². The minimum Gasteiger partial charge on any atom is -0.383 e. The summed E-state index contributed by atoms with van der Waals surface area (Å²) in [7, 11) is 1.71. The van der Waals surface area contributed by atoms with Crippen molar-refractivity contribution in [2.24, 2.45) is 0 Å². The van der Waals surface area contributed by atoms with Gasteiger partial charge in [0, 0.05) is 13.2 Å². The van der Waals surface area contributed by atoms with Crippen LogP contribution in [0.1, 0.15) is 24.9 Å². The molecule has 1 N–H and O–H groups in total. The second-order valence-electron chi connectivity index (χ2n) is 3.25. The fourth-order valence-electron chi connectivity index (χ4n) is 1.26. The minimum atomic E-state index is 0.274. The van der Waals surface area contributed by atoms with Crippen LogP contribution in [0.3, 0.4) is 0 Å². The summed E-state index contributed by atoms with van der Waals surface area (Å²) in [6.07, 6.45) is 1.83. The van der Waals surface area contributed by atoms with Crippen molar-refractivity contribution >= 4 is 27.3 Å². The molecule has 0 saturated heterocycles. The molecular weight excluding hydrogens is 264 g/mol. The van der Waals surface area contributed by atoms with Crippen molar-refractivity contribution in [2.45, 2.75) is 25.9 Å². The molecule has 2 unspecified atom stereocenters. The molecule has 2 atom stereocenters. The Labute approximate surface area is 97.0 Å². The molecule has 3 nitrogen and oxygen atoms in total. The van der Waals surface area contributed by atoms with E-state index in [9.17, 15) is 0 Å². The van der Waals surface area contributed by atoms with E-state index in [0.29, 0.717) is 6.04 Å². The summed E-state index contributed by atoms with van der Waals surface area (Å²) in [6.45, 7) is 4.93. The van der Waals surface area contributed by atoms with Crippen molar-refractivity contribution in [3.8, 4) is 0 Å². The highest BCUT2D eigenvalue weighted by Crippen LogP contribution is 2.24. The van der Waals surface area contributed by atoms with Gasteiger partial charge < -0.3 is 10.1 Å². The lowest BCUT2D eigenvalue weighted by Gasteiger charge is -2.17. The van der Waals surface area contributed by atoms with E-state index in [-0.39, 0.29) is 6.04 Å². The zero-order chi connectivity index (χ0) is 10.6. The van der Waals surface area contributed by atoms with E-state index in [1.807, 2.05) is 6.20 Å². The number of rotatable bonds is 5. The molecule has 0 spiro atoms. The van der Waals surface area contributed by atoms with Gasteiger partial charge in [-0.3, -0.25) is 0 Å². The van der Waals surface area contributed by atoms with Gasteiger partial charge in [0.1, 0.15) is 5.01 Å². The molecule has 0 saturated carbocycles. The molecule has 1 rings (SSSR count). The molecule has 1 heterocycles. The van der Waals surface area contributed by atoms with E-state index in [2.05, 4.69) is 40.1 Å². The Bertz CT molecular complexity index is 280. The number of nitrogens with zero attached hydrogens (tertiary/aromatic N) is 1. The fourth-order valence-corrected chi connectivity index (χ4v) is 2.52. The second-order valence-corrected chi connectivity index (χ2v) is 5.69. The lowest BCUT2D eigenvalue weighted by atomic mass is 10.3. The van der Waals surface area contributed by atoms with Gasteiger partial charge in [0.15, 0.2) is 0 Å². The summed E-state index contributed by atoms with van der Waals surface area (Å²) in [5, 5.41) is 4.51. The molecule has 14 heavy (non-hydrogen) atoms. The van der Waals surface area contributed by atoms with Crippen LogP contribution in [0.4, 0.5) is 0 Å². The molecule has 80 valence electrons. The van der Waals surface area contributed by atoms with Crippen LogP contribution in [-0.2, 0) is 4.74 Å². The van der Waals surface area contributed by atoms with Gasteiger partial charge >= 0.3 is 0 Å². The number of methoxy groups -OCH3 is 1. The summed E-state index contributed by atoms with van der Waals surface area (Å²) >= 11 is 5.06. The molecule has 0 amide bonds. The average Bonchev–Trinajstić information content (AvgIpc) is 2.52. The quantitative estimate of drug-likeness (QED) is 0.899. The summed E-state index contributed by atoms with van der Waals surface area (Å²) in [5.74, 6) is 0. The molecule has 1 aromatic rings. The summed E-state index contributed by atoms with van der Waals surface area (Å²) < 4.78 is 6.13. The molecule has 0 aromatic carbocycles. The maximum atomic E-state index is 5.06. The molecule has 0 radical (unpaired) electrons. The predicted molar refractivity (Wildman–Crippen MR) is 62.7 cm³/mol. The van der Waals surface area contributed by atoms with E-state index in [4.69, 9.17) is 4.74 Å². The Kier molecular flexibility index (Phi) is 5.01. The van der Waals surface area contributed by atoms with Gasteiger partial charge in [-0.15, -0.1) is 11.3 Å². The second kappa shape index (κ2) is 5.80. The monoisotopic (exact) mass is 278 g/mol. The van der Waals surface area contributed by atoms with E-state index in [0.717, 1.165) is 15.4 Å². The average molecular weight is 279 g/mol. The zero-order valence-corrected chi connectivity index (χ0v) is 11.0. The van der Waals surface area contributed by atoms with Crippen LogP contribution in [0, 0.1) is 0 Å². The first-order valence-electron chi connectivity index (χ1n) is 4.49. The Morgan fingerprint density at radius 1 is 1.64 bits per heavy atom. The number of hydrogen-bond donors (Lipinski definition) is 1. The zero-order valence-electron chi connectivity index (χ0n) is 8.58. The highest BCUT2D eigenvalue weighted by molar-refractivity contribution is 9.11. The van der Waals surface area contributed by atoms with Crippen molar-refractivity contribution < 1.29 is 4.74 Å². The molecule has 0 fully saturated rings. The topological polar surface area (TPSA) is 34.1 Å². The van der Waals surface area contributed by atoms with Crippen molar-refractivity contribution in [1.29, 1.82) is 0 Å². The van der Waals surface area contributed by atoms with Gasteiger partial charge in [-0.05, 0) is 29.8 Å². The first-order valence-corrected chi connectivity index (χ1v) is 6.10. The van der Waals surface area contributed by atoms with Crippen LogP contribution in [0.25, 0.3) is 0 Å². The molecule has 0 aliphatic carbocycles. The molecule has 0 aliphatic rings. The molecular formula is C9H15BrN2OS. The summed E-state index contributed by atoms with van der Waals surface area (Å²) in [5.41, 5.74) is 0. The summed E-state index contributed by atoms with van der Waals surface area (Å²) in [4.78, 5) is 4.30. The number of halogens is 1. The Morgan fingerprint density at radius 3 is 2.86 bits per heavy atom. The maximum absolute atomic E-state index is 5.06. The number of thiazole rings is 1. The maximum Gasteiger partial charge on any atom is 0.110 e. The molecule has 1 aromatic heterocycles. The largest absolute Gasteiger partial charge is 0.383 e.